The third kappa shape index (κ3) is 4.51. The molecule has 0 radical (unpaired) electrons. The van der Waals surface area contributed by atoms with Crippen molar-refractivity contribution in [1.29, 1.82) is 0 Å². The van der Waals surface area contributed by atoms with Gasteiger partial charge in [0, 0.05) is 11.7 Å². The maximum atomic E-state index is 12.3. The standard InChI is InChI=1S/C14H24N2O2S/c1-4-5-6-8-11(2)16-19(17,18)14-10-7-9-13(15)12(14)3/h7,9-11,16H,4-6,8,15H2,1-3H3. The van der Waals surface area contributed by atoms with Crippen LogP contribution in [0.2, 0.25) is 0 Å². The highest BCUT2D eigenvalue weighted by atomic mass is 32.2. The first-order valence-electron chi connectivity index (χ1n) is 6.76. The van der Waals surface area contributed by atoms with Gasteiger partial charge in [0.05, 0.1) is 4.90 Å². The van der Waals surface area contributed by atoms with Gasteiger partial charge in [-0.05, 0) is 38.0 Å². The van der Waals surface area contributed by atoms with Crippen molar-refractivity contribution >= 4 is 15.7 Å². The monoisotopic (exact) mass is 284 g/mol. The quantitative estimate of drug-likeness (QED) is 0.597. The van der Waals surface area contributed by atoms with Gasteiger partial charge in [0.15, 0.2) is 0 Å². The zero-order valence-corrected chi connectivity index (χ0v) is 12.8. The molecule has 5 heteroatoms. The molecule has 1 rings (SSSR count). The van der Waals surface area contributed by atoms with Crippen molar-refractivity contribution in [3.63, 3.8) is 0 Å². The van der Waals surface area contributed by atoms with Crippen molar-refractivity contribution in [1.82, 2.24) is 4.72 Å². The first-order chi connectivity index (χ1) is 8.88. The smallest absolute Gasteiger partial charge is 0.241 e. The highest BCUT2D eigenvalue weighted by molar-refractivity contribution is 7.89. The normalized spacial score (nSPS) is 13.4. The number of hydrogen-bond acceptors (Lipinski definition) is 3. The molecule has 0 heterocycles. The summed E-state index contributed by atoms with van der Waals surface area (Å²) in [5.74, 6) is 0. The molecule has 0 saturated carbocycles. The van der Waals surface area contributed by atoms with Crippen molar-refractivity contribution in [3.8, 4) is 0 Å². The Morgan fingerprint density at radius 2 is 2.00 bits per heavy atom. The highest BCUT2D eigenvalue weighted by Gasteiger charge is 2.19. The van der Waals surface area contributed by atoms with E-state index in [0.717, 1.165) is 25.7 Å². The molecule has 0 bridgehead atoms. The minimum atomic E-state index is -3.48. The van der Waals surface area contributed by atoms with Crippen molar-refractivity contribution in [2.75, 3.05) is 5.73 Å². The fourth-order valence-corrected chi connectivity index (χ4v) is 3.56. The van der Waals surface area contributed by atoms with Gasteiger partial charge >= 0.3 is 0 Å². The Kier molecular flexibility index (Phi) is 5.82. The van der Waals surface area contributed by atoms with Crippen LogP contribution >= 0.6 is 0 Å². The lowest BCUT2D eigenvalue weighted by atomic mass is 10.1. The lowest BCUT2D eigenvalue weighted by Crippen LogP contribution is -2.33. The van der Waals surface area contributed by atoms with E-state index < -0.39 is 10.0 Å². The Hall–Kier alpha value is -1.07. The summed E-state index contributed by atoms with van der Waals surface area (Å²) < 4.78 is 27.3. The van der Waals surface area contributed by atoms with Gasteiger partial charge in [-0.2, -0.15) is 0 Å². The molecule has 4 nitrogen and oxygen atoms in total. The van der Waals surface area contributed by atoms with Crippen molar-refractivity contribution in [2.45, 2.75) is 57.4 Å². The molecule has 0 fully saturated rings. The lowest BCUT2D eigenvalue weighted by Gasteiger charge is -2.16. The second kappa shape index (κ2) is 6.91. The molecule has 0 amide bonds. The van der Waals surface area contributed by atoms with E-state index in [4.69, 9.17) is 5.73 Å². The molecule has 108 valence electrons. The van der Waals surface area contributed by atoms with E-state index in [0.29, 0.717) is 11.3 Å². The molecule has 0 aliphatic rings. The molecule has 0 saturated heterocycles. The van der Waals surface area contributed by atoms with E-state index in [2.05, 4.69) is 11.6 Å². The van der Waals surface area contributed by atoms with Crippen LogP contribution in [0, 0.1) is 6.92 Å². The predicted molar refractivity (Wildman–Crippen MR) is 79.5 cm³/mol. The number of benzene rings is 1. The number of sulfonamides is 1. The summed E-state index contributed by atoms with van der Waals surface area (Å²) in [5, 5.41) is 0. The number of unbranched alkanes of at least 4 members (excludes halogenated alkanes) is 2. The topological polar surface area (TPSA) is 72.2 Å². The summed E-state index contributed by atoms with van der Waals surface area (Å²) in [6, 6.07) is 4.90. The fourth-order valence-electron chi connectivity index (χ4n) is 2.01. The molecule has 0 aliphatic heterocycles. The number of anilines is 1. The van der Waals surface area contributed by atoms with Crippen molar-refractivity contribution in [3.05, 3.63) is 23.8 Å². The van der Waals surface area contributed by atoms with Crippen LogP contribution in [0.15, 0.2) is 23.1 Å². The molecule has 1 aromatic carbocycles. The second-order valence-corrected chi connectivity index (χ2v) is 6.67. The average Bonchev–Trinajstić information content (AvgIpc) is 2.32. The van der Waals surface area contributed by atoms with Crippen molar-refractivity contribution < 1.29 is 8.42 Å². The molecular formula is C14H24N2O2S. The van der Waals surface area contributed by atoms with E-state index >= 15 is 0 Å². The molecule has 0 aromatic heterocycles. The average molecular weight is 284 g/mol. The van der Waals surface area contributed by atoms with Crippen LogP contribution in [0.25, 0.3) is 0 Å². The van der Waals surface area contributed by atoms with E-state index in [1.54, 1.807) is 25.1 Å². The van der Waals surface area contributed by atoms with Gasteiger partial charge in [-0.25, -0.2) is 13.1 Å². The SMILES string of the molecule is CCCCCC(C)NS(=O)(=O)c1cccc(N)c1C. The van der Waals surface area contributed by atoms with Crippen molar-refractivity contribution in [2.24, 2.45) is 0 Å². The molecular weight excluding hydrogens is 260 g/mol. The van der Waals surface area contributed by atoms with Crippen LogP contribution in [-0.4, -0.2) is 14.5 Å². The predicted octanol–water partition coefficient (Wildman–Crippen LogP) is 2.82. The molecule has 19 heavy (non-hydrogen) atoms. The molecule has 0 aliphatic carbocycles. The first-order valence-corrected chi connectivity index (χ1v) is 8.24. The molecule has 1 aromatic rings. The Morgan fingerprint density at radius 1 is 1.32 bits per heavy atom. The van der Waals surface area contributed by atoms with E-state index in [-0.39, 0.29) is 10.9 Å². The molecule has 1 unspecified atom stereocenters. The van der Waals surface area contributed by atoms with Gasteiger partial charge in [0.1, 0.15) is 0 Å². The van der Waals surface area contributed by atoms with Gasteiger partial charge in [0.25, 0.3) is 0 Å². The van der Waals surface area contributed by atoms with Gasteiger partial charge in [-0.1, -0.05) is 32.3 Å². The number of rotatable bonds is 7. The summed E-state index contributed by atoms with van der Waals surface area (Å²) in [6.07, 6.45) is 4.15. The Labute approximate surface area is 116 Å². The summed E-state index contributed by atoms with van der Waals surface area (Å²) in [5.41, 5.74) is 6.86. The van der Waals surface area contributed by atoms with E-state index in [1.807, 2.05) is 6.92 Å². The Morgan fingerprint density at radius 3 is 2.63 bits per heavy atom. The maximum Gasteiger partial charge on any atom is 0.241 e. The van der Waals surface area contributed by atoms with Crippen LogP contribution in [0.3, 0.4) is 0 Å². The number of nitrogen functional groups attached to an aromatic ring is 1. The summed E-state index contributed by atoms with van der Waals surface area (Å²) in [6.45, 7) is 5.76. The fraction of sp³-hybridized carbons (Fsp3) is 0.571. The third-order valence-electron chi connectivity index (χ3n) is 3.21. The lowest BCUT2D eigenvalue weighted by molar-refractivity contribution is 0.527. The largest absolute Gasteiger partial charge is 0.398 e. The molecule has 0 spiro atoms. The highest BCUT2D eigenvalue weighted by Crippen LogP contribution is 2.20. The third-order valence-corrected chi connectivity index (χ3v) is 4.95. The van der Waals surface area contributed by atoms with E-state index in [9.17, 15) is 8.42 Å². The van der Waals surface area contributed by atoms with Gasteiger partial charge in [-0.15, -0.1) is 0 Å². The van der Waals surface area contributed by atoms with Gasteiger partial charge in [-0.3, -0.25) is 0 Å². The first kappa shape index (κ1) is 16.0. The zero-order valence-electron chi connectivity index (χ0n) is 11.9. The van der Waals surface area contributed by atoms with Crippen LogP contribution in [0.4, 0.5) is 5.69 Å². The summed E-state index contributed by atoms with van der Waals surface area (Å²) in [4.78, 5) is 0.273. The van der Waals surface area contributed by atoms with Crippen LogP contribution < -0.4 is 10.5 Å². The minimum Gasteiger partial charge on any atom is -0.398 e. The van der Waals surface area contributed by atoms with E-state index in [1.165, 1.54) is 0 Å². The van der Waals surface area contributed by atoms with Crippen LogP contribution in [0.1, 0.15) is 45.1 Å². The van der Waals surface area contributed by atoms with Gasteiger partial charge in [0.2, 0.25) is 10.0 Å². The Bertz CT molecular complexity index is 512. The Balaban J connectivity index is 2.78. The van der Waals surface area contributed by atoms with Gasteiger partial charge < -0.3 is 5.73 Å². The second-order valence-electron chi connectivity index (χ2n) is 4.99. The number of nitrogens with one attached hydrogen (secondary N) is 1. The zero-order chi connectivity index (χ0) is 14.5. The van der Waals surface area contributed by atoms with Crippen LogP contribution in [0.5, 0.6) is 0 Å². The number of hydrogen-bond donors (Lipinski definition) is 2. The maximum absolute atomic E-state index is 12.3. The molecule has 3 N–H and O–H groups in total. The number of nitrogens with two attached hydrogens (primary N) is 1. The summed E-state index contributed by atoms with van der Waals surface area (Å²) in [7, 11) is -3.48. The minimum absolute atomic E-state index is 0.0580. The molecule has 1 atom stereocenters. The summed E-state index contributed by atoms with van der Waals surface area (Å²) >= 11 is 0. The van der Waals surface area contributed by atoms with Crippen LogP contribution in [-0.2, 0) is 10.0 Å².